The van der Waals surface area contributed by atoms with Crippen LogP contribution in [-0.2, 0) is 24.8 Å². The van der Waals surface area contributed by atoms with Gasteiger partial charge < -0.3 is 4.74 Å². The molecule has 0 aliphatic heterocycles. The Bertz CT molecular complexity index is 1110. The average molecular weight is 411 g/mol. The number of rotatable bonds is 6. The maximum atomic E-state index is 14.1. The van der Waals surface area contributed by atoms with E-state index in [9.17, 15) is 14.0 Å². The minimum atomic E-state index is -0.482. The summed E-state index contributed by atoms with van der Waals surface area (Å²) in [5.41, 5.74) is 1.88. The van der Waals surface area contributed by atoms with Crippen molar-refractivity contribution in [2.24, 2.45) is 18.9 Å². The Morgan fingerprint density at radius 3 is 2.63 bits per heavy atom. The van der Waals surface area contributed by atoms with Crippen molar-refractivity contribution in [3.63, 3.8) is 0 Å². The fourth-order valence-corrected chi connectivity index (χ4v) is 4.49. The maximum absolute atomic E-state index is 14.1. The number of hydrogen-bond donors (Lipinski definition) is 0. The van der Waals surface area contributed by atoms with Crippen molar-refractivity contribution in [2.75, 3.05) is 7.11 Å². The second-order valence-electron chi connectivity index (χ2n) is 8.11. The van der Waals surface area contributed by atoms with E-state index in [0.29, 0.717) is 29.9 Å². The second kappa shape index (κ2) is 8.42. The molecule has 0 bridgehead atoms. The van der Waals surface area contributed by atoms with Gasteiger partial charge in [-0.3, -0.25) is 18.9 Å². The summed E-state index contributed by atoms with van der Waals surface area (Å²) in [4.78, 5) is 29.6. The Morgan fingerprint density at radius 1 is 1.20 bits per heavy atom. The molecule has 158 valence electrons. The van der Waals surface area contributed by atoms with Crippen molar-refractivity contribution in [1.82, 2.24) is 14.1 Å². The molecular formula is C23H26FN3O3. The van der Waals surface area contributed by atoms with Gasteiger partial charge in [0.1, 0.15) is 5.78 Å². The molecule has 2 heterocycles. The standard InChI is InChI=1S/C23H26FN3O3/c1-26-19-12-18(24)22(30-2)13-20(19)27(23(26)29)14-15-6-8-16(9-7-15)21(28)11-17-5-3-4-10-25-17/h3-5,10,12-13,15-16H,6-9,11,14H2,1-2H3. The van der Waals surface area contributed by atoms with Crippen LogP contribution in [-0.4, -0.2) is 27.0 Å². The third-order valence-electron chi connectivity index (χ3n) is 6.24. The SMILES string of the molecule is COc1cc2c(cc1F)n(C)c(=O)n2CC1CCC(C(=O)Cc2ccccn2)CC1. The molecule has 30 heavy (non-hydrogen) atoms. The molecule has 1 fully saturated rings. The normalized spacial score (nSPS) is 19.2. The maximum Gasteiger partial charge on any atom is 0.328 e. The number of fused-ring (bicyclic) bond motifs is 1. The number of nitrogens with zero attached hydrogens (tertiary/aromatic N) is 3. The molecule has 7 heteroatoms. The second-order valence-corrected chi connectivity index (χ2v) is 8.11. The van der Waals surface area contributed by atoms with E-state index in [1.807, 2.05) is 18.2 Å². The molecule has 0 radical (unpaired) electrons. The average Bonchev–Trinajstić information content (AvgIpc) is 2.98. The predicted octanol–water partition coefficient (Wildman–Crippen LogP) is 3.50. The van der Waals surface area contributed by atoms with Gasteiger partial charge in [0.15, 0.2) is 11.6 Å². The number of ether oxygens (including phenoxy) is 1. The lowest BCUT2D eigenvalue weighted by atomic mass is 9.79. The van der Waals surface area contributed by atoms with E-state index in [0.717, 1.165) is 31.4 Å². The lowest BCUT2D eigenvalue weighted by Crippen LogP contribution is -2.29. The molecule has 1 aliphatic carbocycles. The molecule has 0 saturated heterocycles. The van der Waals surface area contributed by atoms with Crippen molar-refractivity contribution in [3.8, 4) is 5.75 Å². The Balaban J connectivity index is 1.45. The zero-order chi connectivity index (χ0) is 21.3. The molecule has 4 rings (SSSR count). The fourth-order valence-electron chi connectivity index (χ4n) is 4.49. The molecule has 1 aliphatic rings. The summed E-state index contributed by atoms with van der Waals surface area (Å²) in [7, 11) is 3.07. The Morgan fingerprint density at radius 2 is 1.97 bits per heavy atom. The lowest BCUT2D eigenvalue weighted by Gasteiger charge is -2.27. The summed E-state index contributed by atoms with van der Waals surface area (Å²) in [6.45, 7) is 0.562. The quantitative estimate of drug-likeness (QED) is 0.623. The zero-order valence-corrected chi connectivity index (χ0v) is 17.3. The van der Waals surface area contributed by atoms with Gasteiger partial charge in [-0.25, -0.2) is 9.18 Å². The summed E-state index contributed by atoms with van der Waals surface area (Å²) in [5.74, 6) is 0.259. The van der Waals surface area contributed by atoms with E-state index in [1.165, 1.54) is 17.7 Å². The molecule has 0 amide bonds. The summed E-state index contributed by atoms with van der Waals surface area (Å²) < 4.78 is 22.4. The fraction of sp³-hybridized carbons (Fsp3) is 0.435. The molecule has 0 unspecified atom stereocenters. The van der Waals surface area contributed by atoms with Gasteiger partial charge >= 0.3 is 5.69 Å². The van der Waals surface area contributed by atoms with Gasteiger partial charge in [-0.1, -0.05) is 6.07 Å². The van der Waals surface area contributed by atoms with E-state index < -0.39 is 5.82 Å². The van der Waals surface area contributed by atoms with Crippen LogP contribution in [0.2, 0.25) is 0 Å². The number of benzene rings is 1. The lowest BCUT2D eigenvalue weighted by molar-refractivity contribution is -0.123. The largest absolute Gasteiger partial charge is 0.494 e. The Kier molecular flexibility index (Phi) is 5.70. The van der Waals surface area contributed by atoms with Gasteiger partial charge in [0.2, 0.25) is 0 Å². The first-order chi connectivity index (χ1) is 14.5. The summed E-state index contributed by atoms with van der Waals surface area (Å²) in [6.07, 6.45) is 5.52. The molecule has 2 aromatic heterocycles. The van der Waals surface area contributed by atoms with Crippen molar-refractivity contribution >= 4 is 16.8 Å². The zero-order valence-electron chi connectivity index (χ0n) is 17.3. The van der Waals surface area contributed by atoms with Crippen LogP contribution in [0, 0.1) is 17.7 Å². The van der Waals surface area contributed by atoms with Crippen LogP contribution in [0.15, 0.2) is 41.3 Å². The number of ketones is 1. The smallest absolute Gasteiger partial charge is 0.328 e. The highest BCUT2D eigenvalue weighted by Crippen LogP contribution is 2.32. The molecule has 0 spiro atoms. The van der Waals surface area contributed by atoms with Crippen molar-refractivity contribution in [3.05, 3.63) is 58.5 Å². The molecule has 0 N–H and O–H groups in total. The number of Topliss-reactive ketones (excluding diaryl/α,β-unsaturated/α-hetero) is 1. The topological polar surface area (TPSA) is 66.1 Å². The van der Waals surface area contributed by atoms with Crippen LogP contribution in [0.4, 0.5) is 4.39 Å². The third kappa shape index (κ3) is 3.88. The summed E-state index contributed by atoms with van der Waals surface area (Å²) >= 11 is 0. The van der Waals surface area contributed by atoms with Crippen molar-refractivity contribution < 1.29 is 13.9 Å². The number of halogens is 1. The van der Waals surface area contributed by atoms with Gasteiger partial charge in [0.05, 0.1) is 18.1 Å². The number of carbonyl (C=O) groups excluding carboxylic acids is 1. The van der Waals surface area contributed by atoms with Crippen LogP contribution in [0.25, 0.3) is 11.0 Å². The Labute approximate surface area is 174 Å². The number of aryl methyl sites for hydroxylation is 1. The molecule has 1 saturated carbocycles. The molecule has 1 aromatic carbocycles. The molecular weight excluding hydrogens is 385 g/mol. The Hall–Kier alpha value is -2.96. The van der Waals surface area contributed by atoms with Gasteiger partial charge in [0, 0.05) is 50.0 Å². The van der Waals surface area contributed by atoms with Gasteiger partial charge in [0.25, 0.3) is 0 Å². The highest BCUT2D eigenvalue weighted by Gasteiger charge is 2.27. The first kappa shape index (κ1) is 20.3. The van der Waals surface area contributed by atoms with Crippen LogP contribution >= 0.6 is 0 Å². The number of imidazole rings is 1. The first-order valence-electron chi connectivity index (χ1n) is 10.3. The predicted molar refractivity (Wildman–Crippen MR) is 112 cm³/mol. The van der Waals surface area contributed by atoms with E-state index in [4.69, 9.17) is 4.74 Å². The molecule has 6 nitrogen and oxygen atoms in total. The van der Waals surface area contributed by atoms with Crippen LogP contribution in [0.3, 0.4) is 0 Å². The first-order valence-corrected chi connectivity index (χ1v) is 10.3. The highest BCUT2D eigenvalue weighted by atomic mass is 19.1. The van der Waals surface area contributed by atoms with Crippen LogP contribution in [0.1, 0.15) is 31.4 Å². The van der Waals surface area contributed by atoms with Crippen LogP contribution in [0.5, 0.6) is 5.75 Å². The van der Waals surface area contributed by atoms with E-state index in [2.05, 4.69) is 4.98 Å². The number of pyridine rings is 1. The summed E-state index contributed by atoms with van der Waals surface area (Å²) in [5, 5.41) is 0. The van der Waals surface area contributed by atoms with Gasteiger partial charge in [-0.15, -0.1) is 0 Å². The highest BCUT2D eigenvalue weighted by molar-refractivity contribution is 5.83. The van der Waals surface area contributed by atoms with E-state index >= 15 is 0 Å². The monoisotopic (exact) mass is 411 g/mol. The van der Waals surface area contributed by atoms with Gasteiger partial charge in [-0.05, 0) is 43.7 Å². The van der Waals surface area contributed by atoms with Crippen molar-refractivity contribution in [1.29, 1.82) is 0 Å². The third-order valence-corrected chi connectivity index (χ3v) is 6.24. The van der Waals surface area contributed by atoms with Crippen molar-refractivity contribution in [2.45, 2.75) is 38.6 Å². The number of hydrogen-bond acceptors (Lipinski definition) is 4. The van der Waals surface area contributed by atoms with E-state index in [-0.39, 0.29) is 23.1 Å². The van der Waals surface area contributed by atoms with Crippen LogP contribution < -0.4 is 10.4 Å². The van der Waals surface area contributed by atoms with E-state index in [1.54, 1.807) is 23.9 Å². The molecule has 3 aromatic rings. The number of methoxy groups -OCH3 is 1. The number of carbonyl (C=O) groups is 1. The number of aromatic nitrogens is 3. The van der Waals surface area contributed by atoms with Gasteiger partial charge in [-0.2, -0.15) is 0 Å². The minimum absolute atomic E-state index is 0.0571. The summed E-state index contributed by atoms with van der Waals surface area (Å²) in [6, 6.07) is 8.56. The minimum Gasteiger partial charge on any atom is -0.494 e. The molecule has 0 atom stereocenters.